The van der Waals surface area contributed by atoms with E-state index in [1.54, 1.807) is 6.92 Å². The highest BCUT2D eigenvalue weighted by Gasteiger charge is 2.16. The Hall–Kier alpha value is -1.36. The first-order chi connectivity index (χ1) is 7.54. The van der Waals surface area contributed by atoms with Gasteiger partial charge in [-0.3, -0.25) is 0 Å². The fraction of sp³-hybridized carbons (Fsp3) is 0.273. The normalized spacial score (nSPS) is 10.9. The third-order valence-electron chi connectivity index (χ3n) is 2.47. The summed E-state index contributed by atoms with van der Waals surface area (Å²) < 4.78 is 2.77. The molecule has 5 heteroatoms. The number of nitrogens with zero attached hydrogens (tertiary/aromatic N) is 2. The van der Waals surface area contributed by atoms with Gasteiger partial charge in [0.2, 0.25) is 0 Å². The largest absolute Gasteiger partial charge is 0.476 e. The van der Waals surface area contributed by atoms with Crippen LogP contribution in [0.5, 0.6) is 0 Å². The molecule has 0 aromatic carbocycles. The van der Waals surface area contributed by atoms with Crippen LogP contribution in [0.2, 0.25) is 0 Å². The van der Waals surface area contributed by atoms with Crippen LogP contribution < -0.4 is 0 Å². The Bertz CT molecular complexity index is 575. The maximum atomic E-state index is 11.2. The van der Waals surface area contributed by atoms with Crippen LogP contribution in [0, 0.1) is 6.92 Å². The van der Waals surface area contributed by atoms with Crippen molar-refractivity contribution in [3.05, 3.63) is 28.1 Å². The Morgan fingerprint density at radius 1 is 1.56 bits per heavy atom. The predicted octanol–water partition coefficient (Wildman–Crippen LogP) is 2.83. The van der Waals surface area contributed by atoms with Gasteiger partial charge in [0.25, 0.3) is 0 Å². The third-order valence-corrected chi connectivity index (χ3v) is 3.13. The lowest BCUT2D eigenvalue weighted by Gasteiger charge is -2.06. The van der Waals surface area contributed by atoms with Gasteiger partial charge in [-0.15, -0.1) is 0 Å². The van der Waals surface area contributed by atoms with Gasteiger partial charge in [0, 0.05) is 17.6 Å². The van der Waals surface area contributed by atoms with Crippen molar-refractivity contribution in [3.8, 4) is 0 Å². The summed E-state index contributed by atoms with van der Waals surface area (Å²) in [6.45, 7) is 4.47. The molecule has 4 nitrogen and oxygen atoms in total. The molecule has 84 valence electrons. The molecule has 0 saturated carbocycles. The first-order valence-electron chi connectivity index (χ1n) is 4.94. The number of halogens is 1. The molecule has 2 heterocycles. The van der Waals surface area contributed by atoms with E-state index in [-0.39, 0.29) is 5.69 Å². The van der Waals surface area contributed by atoms with Crippen molar-refractivity contribution < 1.29 is 9.90 Å². The number of pyridine rings is 1. The summed E-state index contributed by atoms with van der Waals surface area (Å²) in [7, 11) is 0. The van der Waals surface area contributed by atoms with E-state index in [4.69, 9.17) is 5.11 Å². The van der Waals surface area contributed by atoms with Crippen molar-refractivity contribution in [2.45, 2.75) is 20.4 Å². The average Bonchev–Trinajstić information content (AvgIpc) is 2.51. The second-order valence-corrected chi connectivity index (χ2v) is 4.38. The van der Waals surface area contributed by atoms with Gasteiger partial charge >= 0.3 is 5.97 Å². The molecule has 0 bridgehead atoms. The summed E-state index contributed by atoms with van der Waals surface area (Å²) >= 11 is 3.42. The monoisotopic (exact) mass is 282 g/mol. The zero-order valence-electron chi connectivity index (χ0n) is 8.99. The van der Waals surface area contributed by atoms with Gasteiger partial charge in [-0.05, 0) is 41.9 Å². The number of aromatic nitrogens is 2. The van der Waals surface area contributed by atoms with E-state index < -0.39 is 5.97 Å². The summed E-state index contributed by atoms with van der Waals surface area (Å²) in [6.07, 6.45) is 0. The molecule has 0 aliphatic carbocycles. The fourth-order valence-corrected chi connectivity index (χ4v) is 2.53. The Morgan fingerprint density at radius 2 is 2.25 bits per heavy atom. The second-order valence-electron chi connectivity index (χ2n) is 3.57. The van der Waals surface area contributed by atoms with Crippen LogP contribution in [0.4, 0.5) is 0 Å². The molecule has 0 aliphatic heterocycles. The molecule has 0 spiro atoms. The molecule has 2 rings (SSSR count). The lowest BCUT2D eigenvalue weighted by molar-refractivity contribution is 0.0692. The molecule has 1 N–H and O–H groups in total. The minimum atomic E-state index is -0.992. The SMILES string of the molecule is CCn1c(Br)cc2cc(C)nc(C(=O)O)c21. The molecule has 0 amide bonds. The first kappa shape index (κ1) is 11.1. The number of hydrogen-bond acceptors (Lipinski definition) is 2. The van der Waals surface area contributed by atoms with Crippen molar-refractivity contribution >= 4 is 32.8 Å². The third kappa shape index (κ3) is 1.61. The van der Waals surface area contributed by atoms with Crippen molar-refractivity contribution in [1.82, 2.24) is 9.55 Å². The molecule has 0 saturated heterocycles. The molecule has 0 radical (unpaired) electrons. The maximum Gasteiger partial charge on any atom is 0.356 e. The maximum absolute atomic E-state index is 11.2. The second kappa shape index (κ2) is 3.90. The van der Waals surface area contributed by atoms with Crippen molar-refractivity contribution in [3.63, 3.8) is 0 Å². The Balaban J connectivity index is 2.91. The van der Waals surface area contributed by atoms with Crippen LogP contribution in [0.3, 0.4) is 0 Å². The summed E-state index contributed by atoms with van der Waals surface area (Å²) in [5.41, 5.74) is 1.50. The number of aromatic carboxylic acids is 1. The molecular formula is C11H11BrN2O2. The van der Waals surface area contributed by atoms with Gasteiger partial charge in [-0.2, -0.15) is 0 Å². The van der Waals surface area contributed by atoms with Gasteiger partial charge < -0.3 is 9.67 Å². The van der Waals surface area contributed by atoms with Gasteiger partial charge in [-0.1, -0.05) is 0 Å². The molecule has 0 atom stereocenters. The quantitative estimate of drug-likeness (QED) is 0.922. The van der Waals surface area contributed by atoms with Crippen LogP contribution in [-0.2, 0) is 6.54 Å². The number of rotatable bonds is 2. The Kier molecular flexibility index (Phi) is 2.71. The van der Waals surface area contributed by atoms with E-state index in [9.17, 15) is 4.79 Å². The molecule has 2 aromatic heterocycles. The highest BCUT2D eigenvalue weighted by Crippen LogP contribution is 2.26. The van der Waals surface area contributed by atoms with E-state index in [0.717, 1.165) is 9.99 Å². The smallest absolute Gasteiger partial charge is 0.356 e. The Morgan fingerprint density at radius 3 is 2.81 bits per heavy atom. The molecular weight excluding hydrogens is 272 g/mol. The number of carbonyl (C=O) groups is 1. The number of hydrogen-bond donors (Lipinski definition) is 1. The van der Waals surface area contributed by atoms with Gasteiger partial charge in [0.05, 0.1) is 10.1 Å². The van der Waals surface area contributed by atoms with E-state index in [2.05, 4.69) is 20.9 Å². The molecule has 0 aliphatic rings. The van der Waals surface area contributed by atoms with Gasteiger partial charge in [0.15, 0.2) is 5.69 Å². The van der Waals surface area contributed by atoms with E-state index in [1.165, 1.54) is 0 Å². The van der Waals surface area contributed by atoms with Gasteiger partial charge in [0.1, 0.15) is 0 Å². The predicted molar refractivity (Wildman–Crippen MR) is 64.8 cm³/mol. The van der Waals surface area contributed by atoms with Crippen molar-refractivity contribution in [1.29, 1.82) is 0 Å². The number of carboxylic acids is 1. The lowest BCUT2D eigenvalue weighted by atomic mass is 10.2. The zero-order chi connectivity index (χ0) is 11.9. The minimum Gasteiger partial charge on any atom is -0.476 e. The van der Waals surface area contributed by atoms with E-state index in [0.29, 0.717) is 17.8 Å². The zero-order valence-corrected chi connectivity index (χ0v) is 10.6. The van der Waals surface area contributed by atoms with Gasteiger partial charge in [-0.25, -0.2) is 9.78 Å². The number of carboxylic acid groups (broad SMARTS) is 1. The highest BCUT2D eigenvalue weighted by molar-refractivity contribution is 9.10. The minimum absolute atomic E-state index is 0.113. The van der Waals surface area contributed by atoms with Crippen LogP contribution in [0.15, 0.2) is 16.7 Å². The summed E-state index contributed by atoms with van der Waals surface area (Å²) in [5.74, 6) is -0.992. The first-order valence-corrected chi connectivity index (χ1v) is 5.73. The number of fused-ring (bicyclic) bond motifs is 1. The summed E-state index contributed by atoms with van der Waals surface area (Å²) in [4.78, 5) is 15.2. The van der Waals surface area contributed by atoms with E-state index in [1.807, 2.05) is 23.6 Å². The summed E-state index contributed by atoms with van der Waals surface area (Å²) in [6, 6.07) is 3.80. The standard InChI is InChI=1S/C11H11BrN2O2/c1-3-14-8(12)5-7-4-6(2)13-9(10(7)14)11(15)16/h4-5H,3H2,1-2H3,(H,15,16). The highest BCUT2D eigenvalue weighted by atomic mass is 79.9. The summed E-state index contributed by atoms with van der Waals surface area (Å²) in [5, 5.41) is 10.0. The molecule has 16 heavy (non-hydrogen) atoms. The Labute approximate surface area is 101 Å². The van der Waals surface area contributed by atoms with Crippen molar-refractivity contribution in [2.24, 2.45) is 0 Å². The van der Waals surface area contributed by atoms with Crippen LogP contribution in [-0.4, -0.2) is 20.6 Å². The molecule has 0 unspecified atom stereocenters. The van der Waals surface area contributed by atoms with Crippen LogP contribution in [0.1, 0.15) is 23.1 Å². The topological polar surface area (TPSA) is 55.1 Å². The lowest BCUT2D eigenvalue weighted by Crippen LogP contribution is -2.06. The van der Waals surface area contributed by atoms with Crippen LogP contribution >= 0.6 is 15.9 Å². The van der Waals surface area contributed by atoms with Crippen LogP contribution in [0.25, 0.3) is 10.9 Å². The van der Waals surface area contributed by atoms with E-state index >= 15 is 0 Å². The average molecular weight is 283 g/mol. The molecule has 0 fully saturated rings. The molecule has 2 aromatic rings. The fourth-order valence-electron chi connectivity index (χ4n) is 1.86. The van der Waals surface area contributed by atoms with Crippen molar-refractivity contribution in [2.75, 3.05) is 0 Å². The number of aryl methyl sites for hydroxylation is 2.